The number of rotatable bonds is 7. The maximum absolute atomic E-state index is 13.6. The van der Waals surface area contributed by atoms with E-state index in [1.807, 2.05) is 58.0 Å². The minimum Gasteiger partial charge on any atom is -0.478 e. The summed E-state index contributed by atoms with van der Waals surface area (Å²) in [6.07, 6.45) is 0.876. The minimum absolute atomic E-state index is 0.0269. The van der Waals surface area contributed by atoms with Gasteiger partial charge < -0.3 is 24.5 Å². The number of carbonyl (C=O) groups is 2. The second-order valence-electron chi connectivity index (χ2n) is 8.76. The number of alkyl carbamates (subject to hydrolysis) is 1. The number of carboxylic acid groups (broad SMARTS) is 1. The Morgan fingerprint density at radius 1 is 1.09 bits per heavy atom. The molecule has 1 aliphatic heterocycles. The summed E-state index contributed by atoms with van der Waals surface area (Å²) in [7, 11) is -0.851. The van der Waals surface area contributed by atoms with E-state index in [-0.39, 0.29) is 24.3 Å². The first-order chi connectivity index (χ1) is 15.5. The second-order valence-corrected chi connectivity index (χ2v) is 8.76. The monoisotopic (exact) mass is 455 g/mol. The normalized spacial score (nSPS) is 17.0. The van der Waals surface area contributed by atoms with Gasteiger partial charge in [0.05, 0.1) is 16.8 Å². The highest BCUT2D eigenvalue weighted by atomic mass is 19.1. The summed E-state index contributed by atoms with van der Waals surface area (Å²) in [5.74, 6) is -1.94. The molecule has 1 heterocycles. The van der Waals surface area contributed by atoms with E-state index in [4.69, 9.17) is 14.0 Å². The molecule has 0 aliphatic carbocycles. The van der Waals surface area contributed by atoms with Gasteiger partial charge in [0, 0.05) is 6.54 Å². The zero-order valence-corrected chi connectivity index (χ0v) is 19.1. The molecule has 1 aliphatic rings. The Morgan fingerprint density at radius 2 is 1.73 bits per heavy atom. The molecule has 0 bridgehead atoms. The molecule has 0 unspecified atom stereocenters. The van der Waals surface area contributed by atoms with Gasteiger partial charge in [0.15, 0.2) is 0 Å². The number of amides is 1. The van der Waals surface area contributed by atoms with Crippen LogP contribution in [0.3, 0.4) is 0 Å². The number of ether oxygens (including phenoxy) is 1. The zero-order valence-electron chi connectivity index (χ0n) is 19.1. The van der Waals surface area contributed by atoms with E-state index in [2.05, 4.69) is 5.32 Å². The van der Waals surface area contributed by atoms with Crippen LogP contribution in [0.5, 0.6) is 0 Å². The number of aromatic carboxylic acids is 1. The van der Waals surface area contributed by atoms with Gasteiger partial charge in [-0.1, -0.05) is 42.5 Å². The van der Waals surface area contributed by atoms with Crippen molar-refractivity contribution in [2.45, 2.75) is 45.5 Å². The zero-order chi connectivity index (χ0) is 24.2. The molecule has 7 nitrogen and oxygen atoms in total. The number of carboxylic acids is 1. The molecule has 2 N–H and O–H groups in total. The van der Waals surface area contributed by atoms with E-state index in [0.717, 1.165) is 11.6 Å². The molecule has 1 saturated heterocycles. The van der Waals surface area contributed by atoms with E-state index < -0.39 is 36.2 Å². The third kappa shape index (κ3) is 6.00. The number of halogens is 1. The lowest BCUT2D eigenvalue weighted by atomic mass is 9.76. The van der Waals surface area contributed by atoms with Crippen LogP contribution in [0.15, 0.2) is 54.0 Å². The third-order valence-corrected chi connectivity index (χ3v) is 5.79. The van der Waals surface area contributed by atoms with Crippen LogP contribution < -0.4 is 5.32 Å². The van der Waals surface area contributed by atoms with Gasteiger partial charge in [-0.05, 0) is 56.4 Å². The van der Waals surface area contributed by atoms with Crippen molar-refractivity contribution in [3.63, 3.8) is 0 Å². The smallest absolute Gasteiger partial charge is 0.478 e. The summed E-state index contributed by atoms with van der Waals surface area (Å²) in [5, 5.41) is 12.1. The molecule has 2 aromatic rings. The average molecular weight is 455 g/mol. The fraction of sp³-hybridized carbons (Fsp3) is 0.333. The molecule has 3 rings (SSSR count). The highest BCUT2D eigenvalue weighted by molar-refractivity contribution is 6.56. The average Bonchev–Trinajstić information content (AvgIpc) is 2.97. The lowest BCUT2D eigenvalue weighted by molar-refractivity contribution is 0.00578. The van der Waals surface area contributed by atoms with Crippen molar-refractivity contribution in [1.82, 2.24) is 5.32 Å². The van der Waals surface area contributed by atoms with Crippen LogP contribution in [0.4, 0.5) is 9.18 Å². The summed E-state index contributed by atoms with van der Waals surface area (Å²) < 4.78 is 31.0. The predicted molar refractivity (Wildman–Crippen MR) is 122 cm³/mol. The number of hydrogen-bond donors (Lipinski definition) is 2. The Labute approximate surface area is 192 Å². The van der Waals surface area contributed by atoms with Crippen molar-refractivity contribution in [3.8, 4) is 0 Å². The topological polar surface area (TPSA) is 94.1 Å². The highest BCUT2D eigenvalue weighted by Crippen LogP contribution is 2.38. The fourth-order valence-electron chi connectivity index (χ4n) is 3.18. The molecule has 0 spiro atoms. The molecule has 0 aromatic heterocycles. The van der Waals surface area contributed by atoms with Crippen LogP contribution in [-0.2, 0) is 20.7 Å². The van der Waals surface area contributed by atoms with E-state index >= 15 is 0 Å². The molecule has 0 atom stereocenters. The molecule has 2 aromatic carbocycles. The van der Waals surface area contributed by atoms with Crippen LogP contribution in [0.1, 0.15) is 49.2 Å². The van der Waals surface area contributed by atoms with Crippen LogP contribution in [0.2, 0.25) is 0 Å². The number of nitrogens with one attached hydrogen (secondary N) is 1. The van der Waals surface area contributed by atoms with Gasteiger partial charge in [0.25, 0.3) is 0 Å². The molecular weight excluding hydrogens is 428 g/mol. The molecular formula is C24H27BFNO6. The quantitative estimate of drug-likeness (QED) is 0.599. The Balaban J connectivity index is 1.82. The first-order valence-electron chi connectivity index (χ1n) is 10.5. The van der Waals surface area contributed by atoms with E-state index in [0.29, 0.717) is 5.47 Å². The Morgan fingerprint density at radius 3 is 2.33 bits per heavy atom. The second kappa shape index (κ2) is 9.76. The SMILES string of the molecule is CC1(C)OB(C(=Cc2ccc(F)cc2C(=O)O)CNC(=O)OCc2ccccc2)OC1(C)C. The first-order valence-corrected chi connectivity index (χ1v) is 10.5. The number of hydrogen-bond acceptors (Lipinski definition) is 5. The van der Waals surface area contributed by atoms with Gasteiger partial charge in [-0.2, -0.15) is 0 Å². The van der Waals surface area contributed by atoms with Crippen molar-refractivity contribution in [3.05, 3.63) is 76.5 Å². The molecule has 1 amide bonds. The maximum atomic E-state index is 13.6. The van der Waals surface area contributed by atoms with Crippen LogP contribution >= 0.6 is 0 Å². The number of benzene rings is 2. The Bertz CT molecular complexity index is 1040. The van der Waals surface area contributed by atoms with E-state index in [1.54, 1.807) is 0 Å². The first kappa shape index (κ1) is 24.5. The van der Waals surface area contributed by atoms with Crippen LogP contribution in [0.25, 0.3) is 6.08 Å². The lowest BCUT2D eigenvalue weighted by Crippen LogP contribution is -2.41. The Hall–Kier alpha value is -3.17. The van der Waals surface area contributed by atoms with Crippen molar-refractivity contribution < 1.29 is 33.1 Å². The van der Waals surface area contributed by atoms with Crippen LogP contribution in [0, 0.1) is 5.82 Å². The van der Waals surface area contributed by atoms with E-state index in [1.165, 1.54) is 18.2 Å². The van der Waals surface area contributed by atoms with Gasteiger partial charge in [-0.15, -0.1) is 0 Å². The summed E-state index contributed by atoms with van der Waals surface area (Å²) in [6.45, 7) is 7.60. The Kier molecular flexibility index (Phi) is 7.24. The van der Waals surface area contributed by atoms with Gasteiger partial charge in [-0.3, -0.25) is 0 Å². The van der Waals surface area contributed by atoms with Crippen molar-refractivity contribution >= 4 is 25.3 Å². The highest BCUT2D eigenvalue weighted by Gasteiger charge is 2.52. The van der Waals surface area contributed by atoms with Gasteiger partial charge in [0.2, 0.25) is 0 Å². The standard InChI is InChI=1S/C24H27BFNO6/c1-23(2)24(3,4)33-25(32-23)18(12-17-10-11-19(26)13-20(17)21(28)29)14-27-22(30)31-15-16-8-6-5-7-9-16/h5-13H,14-15H2,1-4H3,(H,27,30)(H,28,29). The number of carbonyl (C=O) groups excluding carboxylic acids is 1. The lowest BCUT2D eigenvalue weighted by Gasteiger charge is -2.32. The van der Waals surface area contributed by atoms with Crippen molar-refractivity contribution in [2.24, 2.45) is 0 Å². The third-order valence-electron chi connectivity index (χ3n) is 5.79. The van der Waals surface area contributed by atoms with Crippen LogP contribution in [-0.4, -0.2) is 42.0 Å². The summed E-state index contributed by atoms with van der Waals surface area (Å²) >= 11 is 0. The van der Waals surface area contributed by atoms with E-state index in [9.17, 15) is 19.1 Å². The molecule has 0 radical (unpaired) electrons. The van der Waals surface area contributed by atoms with Crippen molar-refractivity contribution in [1.29, 1.82) is 0 Å². The largest absolute Gasteiger partial charge is 0.492 e. The van der Waals surface area contributed by atoms with Gasteiger partial charge in [0.1, 0.15) is 12.4 Å². The fourth-order valence-corrected chi connectivity index (χ4v) is 3.18. The molecule has 0 saturated carbocycles. The van der Waals surface area contributed by atoms with Crippen molar-refractivity contribution in [2.75, 3.05) is 6.54 Å². The van der Waals surface area contributed by atoms with Gasteiger partial charge in [-0.25, -0.2) is 14.0 Å². The predicted octanol–water partition coefficient (Wildman–Crippen LogP) is 4.47. The van der Waals surface area contributed by atoms with Gasteiger partial charge >= 0.3 is 19.2 Å². The molecule has 9 heteroatoms. The minimum atomic E-state index is -1.27. The molecule has 1 fully saturated rings. The molecule has 174 valence electrons. The maximum Gasteiger partial charge on any atom is 0.492 e. The molecule has 33 heavy (non-hydrogen) atoms. The summed E-state index contributed by atoms with van der Waals surface area (Å²) in [5.41, 5.74) is 0.0429. The summed E-state index contributed by atoms with van der Waals surface area (Å²) in [6, 6.07) is 12.7. The summed E-state index contributed by atoms with van der Waals surface area (Å²) in [4.78, 5) is 23.9.